The molecule has 0 heterocycles. The molecule has 2 N–H and O–H groups in total. The average molecular weight is 168 g/mol. The number of phosphoric acid groups is 1. The van der Waals surface area contributed by atoms with Crippen molar-refractivity contribution in [2.75, 3.05) is 0 Å². The second kappa shape index (κ2) is 10.1. The van der Waals surface area contributed by atoms with Gasteiger partial charge in [0.15, 0.2) is 0 Å². The molecule has 0 aromatic carbocycles. The maximum atomic E-state index is 8.77. The summed E-state index contributed by atoms with van der Waals surface area (Å²) in [5, 5.41) is 0. The van der Waals surface area contributed by atoms with E-state index in [2.05, 4.69) is 0 Å². The van der Waals surface area contributed by atoms with E-state index in [1.165, 1.54) is 0 Å². The predicted octanol–water partition coefficient (Wildman–Crippen LogP) is -5.85. The van der Waals surface area contributed by atoms with E-state index in [4.69, 9.17) is 19.2 Å². The van der Waals surface area contributed by atoms with Gasteiger partial charge >= 0.3 is 88.7 Å². The van der Waals surface area contributed by atoms with Crippen molar-refractivity contribution in [3.05, 3.63) is 0 Å². The van der Waals surface area contributed by atoms with Gasteiger partial charge in [-0.25, -0.2) is 0 Å². The number of hydrogen-bond donors (Lipinski definition) is 2. The second-order valence-corrected chi connectivity index (χ2v) is 1.47. The van der Waals surface area contributed by atoms with Gasteiger partial charge in [0.1, 0.15) is 0 Å². The van der Waals surface area contributed by atoms with E-state index in [0.717, 1.165) is 0 Å². The topological polar surface area (TPSA) is 80.6 Å². The molecule has 0 bridgehead atoms. The van der Waals surface area contributed by atoms with Crippen LogP contribution in [0.5, 0.6) is 0 Å². The van der Waals surface area contributed by atoms with Crippen LogP contribution in [0.1, 0.15) is 0 Å². The van der Waals surface area contributed by atoms with Crippen molar-refractivity contribution in [2.24, 2.45) is 0 Å². The first-order chi connectivity index (χ1) is 2.00. The van der Waals surface area contributed by atoms with Crippen molar-refractivity contribution >= 4 is 66.9 Å². The van der Waals surface area contributed by atoms with Gasteiger partial charge in [-0.05, 0) is 0 Å². The van der Waals surface area contributed by atoms with Crippen LogP contribution in [0, 0.1) is 0 Å². The van der Waals surface area contributed by atoms with E-state index >= 15 is 0 Å². The van der Waals surface area contributed by atoms with Crippen LogP contribution >= 0.6 is 7.82 Å². The molecule has 8 heavy (non-hydrogen) atoms. The summed E-state index contributed by atoms with van der Waals surface area (Å²) in [4.78, 5) is 22.9. The minimum absolute atomic E-state index is 0. The van der Waals surface area contributed by atoms with Crippen molar-refractivity contribution in [3.8, 4) is 0 Å². The number of rotatable bonds is 0. The molecule has 0 radical (unpaired) electrons. The van der Waals surface area contributed by atoms with Gasteiger partial charge in [-0.1, -0.05) is 0 Å². The summed E-state index contributed by atoms with van der Waals surface area (Å²) >= 11 is 0. The molecule has 0 saturated heterocycles. The van der Waals surface area contributed by atoms with Crippen LogP contribution in [0.15, 0.2) is 0 Å². The Morgan fingerprint density at radius 3 is 1.25 bits per heavy atom. The van der Waals surface area contributed by atoms with E-state index in [0.29, 0.717) is 0 Å². The number of hydrogen-bond acceptors (Lipinski definition) is 2. The first-order valence-electron chi connectivity index (χ1n) is 0.765. The first kappa shape index (κ1) is 22.5. The normalized spacial score (nSPS) is 7.38. The molecule has 0 saturated carbocycles. The summed E-state index contributed by atoms with van der Waals surface area (Å²) < 4.78 is 8.77. The van der Waals surface area contributed by atoms with Gasteiger partial charge in [0.05, 0.1) is 0 Å². The van der Waals surface area contributed by atoms with Gasteiger partial charge in [-0.2, -0.15) is 0 Å². The zero-order valence-corrected chi connectivity index (χ0v) is 6.05. The molecule has 8 heteroatoms. The Kier molecular flexibility index (Phi) is 28.4. The Balaban J connectivity index is -0.0000000267. The molecule has 0 aliphatic rings. The Morgan fingerprint density at radius 1 is 1.25 bits per heavy atom. The standard InChI is InChI=1S/3Na.H3O4P.2H/c;;;1-5(2,3)4;;/h;;;(H3,1,2,3,4);;/q;;+1;;;/p-1. The van der Waals surface area contributed by atoms with E-state index < -0.39 is 7.82 Å². The molecule has 0 aliphatic heterocycles. The Bertz CT molecular complexity index is 57.4. The van der Waals surface area contributed by atoms with Crippen molar-refractivity contribution in [3.63, 3.8) is 0 Å². The van der Waals surface area contributed by atoms with Gasteiger partial charge in [0, 0.05) is 0 Å². The van der Waals surface area contributed by atoms with Gasteiger partial charge in [0.25, 0.3) is 7.82 Å². The first-order valence-corrected chi connectivity index (χ1v) is 2.30. The molecule has 0 spiro atoms. The van der Waals surface area contributed by atoms with Crippen LogP contribution < -0.4 is 34.5 Å². The Hall–Kier alpha value is 3.11. The average Bonchev–Trinajstić information content (AvgIpc) is 0.722. The molecule has 0 aromatic heterocycles. The summed E-state index contributed by atoms with van der Waals surface area (Å²) in [5.41, 5.74) is 0. The van der Waals surface area contributed by atoms with E-state index in [1.54, 1.807) is 0 Å². The fraction of sp³-hybridized carbons (Fsp3) is 0. The summed E-state index contributed by atoms with van der Waals surface area (Å²) in [7, 11) is -4.89. The second-order valence-electron chi connectivity index (χ2n) is 0.491. The summed E-state index contributed by atoms with van der Waals surface area (Å²) in [6.45, 7) is 0. The fourth-order valence-corrected chi connectivity index (χ4v) is 0. The molecule has 0 aliphatic carbocycles. The molecule has 4 nitrogen and oxygen atoms in total. The van der Waals surface area contributed by atoms with Crippen LogP contribution in [0.2, 0.25) is 0 Å². The third-order valence-electron chi connectivity index (χ3n) is 0. The van der Waals surface area contributed by atoms with Crippen molar-refractivity contribution in [1.29, 1.82) is 0 Å². The van der Waals surface area contributed by atoms with Gasteiger partial charge in [-0.3, -0.25) is 4.57 Å². The van der Waals surface area contributed by atoms with E-state index in [-0.39, 0.29) is 88.7 Å². The summed E-state index contributed by atoms with van der Waals surface area (Å²) in [6.07, 6.45) is 0. The third kappa shape index (κ3) is 61.9. The predicted molar refractivity (Wildman–Crippen MR) is 26.3 cm³/mol. The van der Waals surface area contributed by atoms with Crippen molar-refractivity contribution in [2.45, 2.75) is 0 Å². The molecule has 36 valence electrons. The zero-order chi connectivity index (χ0) is 4.50. The zero-order valence-electron chi connectivity index (χ0n) is 3.16. The van der Waals surface area contributed by atoms with Crippen molar-refractivity contribution in [1.82, 2.24) is 0 Å². The molecule has 0 aromatic rings. The third-order valence-corrected chi connectivity index (χ3v) is 0. The summed E-state index contributed by atoms with van der Waals surface area (Å²) in [5.74, 6) is 0. The minimum atomic E-state index is -4.89. The SMILES string of the molecule is O=P([O-])(O)O.[Na+].[NaH].[NaH]. The fourth-order valence-electron chi connectivity index (χ4n) is 0. The summed E-state index contributed by atoms with van der Waals surface area (Å²) in [6, 6.07) is 0. The van der Waals surface area contributed by atoms with E-state index in [9.17, 15) is 0 Å². The molecule has 0 atom stereocenters. The molecule has 0 unspecified atom stereocenters. The quantitative estimate of drug-likeness (QED) is 0.279. The monoisotopic (exact) mass is 168 g/mol. The molecule has 0 rings (SSSR count). The van der Waals surface area contributed by atoms with Gasteiger partial charge in [0.2, 0.25) is 0 Å². The van der Waals surface area contributed by atoms with Crippen molar-refractivity contribution < 1.29 is 48.8 Å². The maximum absolute atomic E-state index is 8.77. The molecule has 0 amide bonds. The molecular formula is H4Na3O4P. The van der Waals surface area contributed by atoms with E-state index in [1.807, 2.05) is 0 Å². The molecule has 0 fully saturated rings. The van der Waals surface area contributed by atoms with Gasteiger partial charge < -0.3 is 14.7 Å². The Morgan fingerprint density at radius 2 is 1.25 bits per heavy atom. The van der Waals surface area contributed by atoms with Crippen LogP contribution in [0.25, 0.3) is 0 Å². The Labute approximate surface area is 114 Å². The van der Waals surface area contributed by atoms with Crippen LogP contribution in [-0.2, 0) is 4.57 Å². The van der Waals surface area contributed by atoms with Crippen LogP contribution in [0.4, 0.5) is 0 Å². The van der Waals surface area contributed by atoms with Gasteiger partial charge in [-0.15, -0.1) is 0 Å². The van der Waals surface area contributed by atoms with Crippen LogP contribution in [0.3, 0.4) is 0 Å². The molecular weight excluding hydrogens is 164 g/mol. The van der Waals surface area contributed by atoms with Crippen LogP contribution in [-0.4, -0.2) is 68.9 Å².